The minimum Gasteiger partial charge on any atom is -0.491 e. The minimum absolute atomic E-state index is 0.0973. The fourth-order valence-electron chi connectivity index (χ4n) is 5.97. The largest absolute Gasteiger partial charge is 0.491 e. The predicted molar refractivity (Wildman–Crippen MR) is 141 cm³/mol. The van der Waals surface area contributed by atoms with E-state index in [-0.39, 0.29) is 35.0 Å². The van der Waals surface area contributed by atoms with E-state index in [9.17, 15) is 4.79 Å². The van der Waals surface area contributed by atoms with Gasteiger partial charge in [0.25, 0.3) is 0 Å². The summed E-state index contributed by atoms with van der Waals surface area (Å²) < 4.78 is 27.8. The van der Waals surface area contributed by atoms with Gasteiger partial charge in [-0.15, -0.1) is 0 Å². The van der Waals surface area contributed by atoms with E-state index in [1.165, 1.54) is 13.2 Å². The van der Waals surface area contributed by atoms with Crippen LogP contribution in [-0.2, 0) is 16.0 Å². The van der Waals surface area contributed by atoms with Crippen LogP contribution in [0.4, 0.5) is 16.0 Å². The molecule has 1 heterocycles. The van der Waals surface area contributed by atoms with Crippen molar-refractivity contribution in [1.82, 2.24) is 9.55 Å². The summed E-state index contributed by atoms with van der Waals surface area (Å²) in [6.07, 6.45) is 3.02. The third-order valence-corrected chi connectivity index (χ3v) is 6.80. The zero-order chi connectivity index (χ0) is 26.3. The Kier molecular flexibility index (Phi) is 7.04. The number of ether oxygens (including phenoxy) is 2. The molecule has 0 atom stereocenters. The van der Waals surface area contributed by atoms with E-state index >= 15 is 4.39 Å². The summed E-state index contributed by atoms with van der Waals surface area (Å²) in [5.74, 6) is 0.556. The van der Waals surface area contributed by atoms with Gasteiger partial charge < -0.3 is 19.4 Å². The van der Waals surface area contributed by atoms with Gasteiger partial charge in [0.15, 0.2) is 0 Å². The van der Waals surface area contributed by atoms with Gasteiger partial charge >= 0.3 is 5.97 Å². The molecule has 36 heavy (non-hydrogen) atoms. The molecule has 1 aromatic heterocycles. The van der Waals surface area contributed by atoms with Crippen molar-refractivity contribution in [2.75, 3.05) is 12.4 Å². The number of benzene rings is 2. The highest BCUT2D eigenvalue weighted by Gasteiger charge is 2.40. The summed E-state index contributed by atoms with van der Waals surface area (Å²) in [4.78, 5) is 16.7. The maximum absolute atomic E-state index is 15.2. The van der Waals surface area contributed by atoms with Gasteiger partial charge in [-0.3, -0.25) is 4.79 Å². The van der Waals surface area contributed by atoms with Crippen LogP contribution in [0.5, 0.6) is 5.75 Å². The molecule has 4 rings (SSSR count). The molecule has 0 bridgehead atoms. The molecule has 0 spiro atoms. The van der Waals surface area contributed by atoms with Crippen LogP contribution in [0.2, 0.25) is 0 Å². The first kappa shape index (κ1) is 26.0. The number of nitrogens with zero attached hydrogens (tertiary/aromatic N) is 2. The molecule has 2 aromatic carbocycles. The monoisotopic (exact) mass is 495 g/mol. The number of rotatable bonds is 7. The second-order valence-electron chi connectivity index (χ2n) is 11.9. The zero-order valence-electron chi connectivity index (χ0n) is 22.4. The number of fused-ring (bicyclic) bond motifs is 1. The topological polar surface area (TPSA) is 65.4 Å². The average Bonchev–Trinajstić information content (AvgIpc) is 3.09. The van der Waals surface area contributed by atoms with E-state index in [1.54, 1.807) is 6.07 Å². The lowest BCUT2D eigenvalue weighted by Crippen LogP contribution is -2.35. The number of carbonyl (C=O) groups excluding carboxylic acids is 1. The highest BCUT2D eigenvalue weighted by atomic mass is 19.1. The minimum atomic E-state index is -0.481. The first-order chi connectivity index (χ1) is 16.9. The van der Waals surface area contributed by atoms with Crippen molar-refractivity contribution < 1.29 is 18.7 Å². The Bertz CT molecular complexity index is 1230. The quantitative estimate of drug-likeness (QED) is 0.351. The molecule has 0 radical (unpaired) electrons. The highest BCUT2D eigenvalue weighted by molar-refractivity contribution is 5.82. The van der Waals surface area contributed by atoms with Gasteiger partial charge in [0.05, 0.1) is 30.7 Å². The number of methoxy groups -OCH3 is 1. The lowest BCUT2D eigenvalue weighted by molar-refractivity contribution is -0.139. The molecule has 1 saturated carbocycles. The molecule has 0 unspecified atom stereocenters. The van der Waals surface area contributed by atoms with Gasteiger partial charge in [-0.05, 0) is 74.3 Å². The van der Waals surface area contributed by atoms with Gasteiger partial charge in [0.2, 0.25) is 5.95 Å². The molecule has 1 aliphatic rings. The van der Waals surface area contributed by atoms with E-state index in [1.807, 2.05) is 38.1 Å². The normalized spacial score (nSPS) is 17.4. The van der Waals surface area contributed by atoms with E-state index in [4.69, 9.17) is 14.5 Å². The number of esters is 1. The smallest absolute Gasteiger partial charge is 0.310 e. The van der Waals surface area contributed by atoms with Crippen LogP contribution in [0, 0.1) is 16.6 Å². The van der Waals surface area contributed by atoms with Crippen LogP contribution in [0.25, 0.3) is 11.0 Å². The third-order valence-electron chi connectivity index (χ3n) is 6.80. The number of hydrogen-bond donors (Lipinski definition) is 1. The molecule has 0 saturated heterocycles. The van der Waals surface area contributed by atoms with Crippen molar-refractivity contribution >= 4 is 28.6 Å². The number of anilines is 2. The van der Waals surface area contributed by atoms with Crippen LogP contribution in [0.15, 0.2) is 36.4 Å². The Morgan fingerprint density at radius 3 is 2.36 bits per heavy atom. The summed E-state index contributed by atoms with van der Waals surface area (Å²) in [7, 11) is 1.31. The Morgan fingerprint density at radius 2 is 1.78 bits per heavy atom. The summed E-state index contributed by atoms with van der Waals surface area (Å²) in [5, 5.41) is 3.47. The summed E-state index contributed by atoms with van der Waals surface area (Å²) in [5.41, 5.74) is 2.80. The molecule has 7 heteroatoms. The molecule has 194 valence electrons. The molecular formula is C29H38FN3O3. The van der Waals surface area contributed by atoms with Crippen LogP contribution in [-0.4, -0.2) is 28.7 Å². The number of imidazole rings is 1. The van der Waals surface area contributed by atoms with E-state index in [2.05, 4.69) is 37.6 Å². The maximum Gasteiger partial charge on any atom is 0.310 e. The average molecular weight is 496 g/mol. The summed E-state index contributed by atoms with van der Waals surface area (Å²) in [6, 6.07) is 11.1. The van der Waals surface area contributed by atoms with Crippen molar-refractivity contribution in [3.8, 4) is 5.75 Å². The number of aromatic nitrogens is 2. The molecule has 0 amide bonds. The van der Waals surface area contributed by atoms with Gasteiger partial charge in [-0.1, -0.05) is 27.7 Å². The van der Waals surface area contributed by atoms with Gasteiger partial charge in [0.1, 0.15) is 11.6 Å². The van der Waals surface area contributed by atoms with Crippen molar-refractivity contribution in [3.05, 3.63) is 47.8 Å². The molecule has 1 fully saturated rings. The van der Waals surface area contributed by atoms with Crippen molar-refractivity contribution in [3.63, 3.8) is 0 Å². The van der Waals surface area contributed by atoms with Crippen LogP contribution < -0.4 is 10.1 Å². The number of carbonyl (C=O) groups is 1. The predicted octanol–water partition coefficient (Wildman–Crippen LogP) is 7.20. The van der Waals surface area contributed by atoms with E-state index in [0.29, 0.717) is 11.5 Å². The number of halogens is 1. The summed E-state index contributed by atoms with van der Waals surface area (Å²) in [6.45, 7) is 13.2. The lowest BCUT2D eigenvalue weighted by atomic mass is 9.63. The van der Waals surface area contributed by atoms with E-state index < -0.39 is 11.8 Å². The van der Waals surface area contributed by atoms with Gasteiger partial charge in [0, 0.05) is 23.4 Å². The molecule has 1 N–H and O–H groups in total. The SMILES string of the molecule is COC(=O)Cc1cc2nc(Nc3ccc(OC(C)C)cc3)n(C3CC(C)(C)CC(C)(C)C3)c2cc1F. The third kappa shape index (κ3) is 5.82. The molecule has 6 nitrogen and oxygen atoms in total. The molecule has 1 aliphatic carbocycles. The van der Waals surface area contributed by atoms with Gasteiger partial charge in [-0.2, -0.15) is 0 Å². The Morgan fingerprint density at radius 1 is 1.14 bits per heavy atom. The summed E-state index contributed by atoms with van der Waals surface area (Å²) >= 11 is 0. The standard InChI is InChI=1S/C29H38FN3O3/c1-18(2)36-22-10-8-20(9-11-22)31-27-32-24-12-19(13-26(34)35-7)23(30)14-25(24)33(27)21-15-28(3,4)17-29(5,6)16-21/h8-12,14,18,21H,13,15-17H2,1-7H3,(H,31,32). The maximum atomic E-state index is 15.2. The molecular weight excluding hydrogens is 457 g/mol. The van der Waals surface area contributed by atoms with Crippen molar-refractivity contribution in [2.24, 2.45) is 10.8 Å². The van der Waals surface area contributed by atoms with Crippen LogP contribution in [0.1, 0.15) is 72.4 Å². The Balaban J connectivity index is 1.79. The first-order valence-corrected chi connectivity index (χ1v) is 12.7. The Labute approximate surface area is 213 Å². The fraction of sp³-hybridized carbons (Fsp3) is 0.517. The second-order valence-corrected chi connectivity index (χ2v) is 11.9. The van der Waals surface area contributed by atoms with E-state index in [0.717, 1.165) is 36.2 Å². The second kappa shape index (κ2) is 9.75. The zero-order valence-corrected chi connectivity index (χ0v) is 22.4. The molecule has 3 aromatic rings. The number of nitrogens with one attached hydrogen (secondary N) is 1. The van der Waals surface area contributed by atoms with Gasteiger partial charge in [-0.25, -0.2) is 9.37 Å². The number of hydrogen-bond acceptors (Lipinski definition) is 5. The van der Waals surface area contributed by atoms with Crippen molar-refractivity contribution in [1.29, 1.82) is 0 Å². The highest BCUT2D eigenvalue weighted by Crippen LogP contribution is 2.51. The van der Waals surface area contributed by atoms with Crippen LogP contribution >= 0.6 is 0 Å². The lowest BCUT2D eigenvalue weighted by Gasteiger charge is -2.45. The van der Waals surface area contributed by atoms with Crippen molar-refractivity contribution in [2.45, 2.75) is 79.4 Å². The molecule has 0 aliphatic heterocycles. The van der Waals surface area contributed by atoms with Crippen LogP contribution in [0.3, 0.4) is 0 Å². The Hall–Kier alpha value is -3.09. The first-order valence-electron chi connectivity index (χ1n) is 12.7. The fourth-order valence-corrected chi connectivity index (χ4v) is 5.97.